The van der Waals surface area contributed by atoms with Gasteiger partial charge in [0.25, 0.3) is 5.56 Å². The molecular formula is C22H24Br2Cl2N4O4. The van der Waals surface area contributed by atoms with Gasteiger partial charge in [0.2, 0.25) is 0 Å². The van der Waals surface area contributed by atoms with E-state index in [4.69, 9.17) is 28.9 Å². The van der Waals surface area contributed by atoms with Crippen molar-refractivity contribution in [2.24, 2.45) is 0 Å². The van der Waals surface area contributed by atoms with Crippen molar-refractivity contribution in [2.75, 3.05) is 12.3 Å². The van der Waals surface area contributed by atoms with Crippen molar-refractivity contribution >= 4 is 78.3 Å². The number of fused-ring (bicyclic) bond motifs is 1. The summed E-state index contributed by atoms with van der Waals surface area (Å²) >= 11 is 18.1. The molecule has 0 radical (unpaired) electrons. The van der Waals surface area contributed by atoms with E-state index in [9.17, 15) is 14.4 Å². The van der Waals surface area contributed by atoms with E-state index in [0.717, 1.165) is 21.1 Å². The third kappa shape index (κ3) is 10.1. The number of nitrogens with two attached hydrogens (primary N) is 1. The lowest BCUT2D eigenvalue weighted by Gasteiger charge is -2.04. The highest BCUT2D eigenvalue weighted by atomic mass is 79.9. The smallest absolute Gasteiger partial charge is 0.313 e. The van der Waals surface area contributed by atoms with Crippen molar-refractivity contribution in [3.63, 3.8) is 0 Å². The van der Waals surface area contributed by atoms with Gasteiger partial charge in [-0.2, -0.15) is 0 Å². The maximum Gasteiger partial charge on any atom is 0.313 e. The first-order chi connectivity index (χ1) is 16.0. The summed E-state index contributed by atoms with van der Waals surface area (Å²) < 4.78 is 7.58. The van der Waals surface area contributed by atoms with Crippen LogP contribution in [0.5, 0.6) is 0 Å². The molecule has 184 valence electrons. The number of anilines is 1. The molecular weight excluding hydrogens is 615 g/mol. The second-order valence-electron chi connectivity index (χ2n) is 6.53. The number of carbonyl (C=O) groups is 2. The lowest BCUT2D eigenvalue weighted by atomic mass is 10.2. The van der Waals surface area contributed by atoms with Gasteiger partial charge in [-0.15, -0.1) is 0 Å². The van der Waals surface area contributed by atoms with Crippen LogP contribution in [-0.4, -0.2) is 32.7 Å². The lowest BCUT2D eigenvalue weighted by molar-refractivity contribution is -0.145. The van der Waals surface area contributed by atoms with Gasteiger partial charge in [-0.1, -0.05) is 37.0 Å². The first-order valence-electron chi connectivity index (χ1n) is 10.1. The molecule has 0 aliphatic carbocycles. The molecule has 2 N–H and O–H groups in total. The van der Waals surface area contributed by atoms with Gasteiger partial charge in [0.05, 0.1) is 16.7 Å². The minimum absolute atomic E-state index is 0.0709. The zero-order chi connectivity index (χ0) is 25.8. The van der Waals surface area contributed by atoms with Gasteiger partial charge >= 0.3 is 5.97 Å². The Hall–Kier alpha value is -2.01. The molecule has 12 heteroatoms. The summed E-state index contributed by atoms with van der Waals surface area (Å²) in [6.45, 7) is 5.73. The van der Waals surface area contributed by atoms with Crippen molar-refractivity contribution in [1.82, 2.24) is 14.4 Å². The van der Waals surface area contributed by atoms with Gasteiger partial charge in [0.1, 0.15) is 18.0 Å². The third-order valence-corrected chi connectivity index (χ3v) is 5.42. The average molecular weight is 639 g/mol. The summed E-state index contributed by atoms with van der Waals surface area (Å²) in [4.78, 5) is 41.0. The molecule has 0 bridgehead atoms. The number of nitrogens with zero attached hydrogens (tertiary/aromatic N) is 3. The van der Waals surface area contributed by atoms with Gasteiger partial charge in [-0.3, -0.25) is 18.8 Å². The highest BCUT2D eigenvalue weighted by Crippen LogP contribution is 2.20. The number of rotatable bonds is 5. The van der Waals surface area contributed by atoms with Crippen LogP contribution >= 0.6 is 55.1 Å². The first-order valence-corrected chi connectivity index (χ1v) is 12.5. The van der Waals surface area contributed by atoms with Gasteiger partial charge < -0.3 is 10.5 Å². The van der Waals surface area contributed by atoms with E-state index in [0.29, 0.717) is 34.5 Å². The number of aromatic nitrogens is 3. The molecule has 0 saturated carbocycles. The molecule has 3 heterocycles. The number of ketones is 1. The van der Waals surface area contributed by atoms with Crippen LogP contribution in [0.15, 0.2) is 44.3 Å². The van der Waals surface area contributed by atoms with Crippen LogP contribution in [-0.2, 0) is 20.7 Å². The van der Waals surface area contributed by atoms with E-state index in [1.165, 1.54) is 10.5 Å². The Bertz CT molecular complexity index is 1210. The van der Waals surface area contributed by atoms with Crippen LogP contribution in [0.2, 0.25) is 10.0 Å². The average Bonchev–Trinajstić information content (AvgIpc) is 2.78. The second kappa shape index (κ2) is 15.1. The molecule has 0 fully saturated rings. The molecule has 8 nitrogen and oxygen atoms in total. The Morgan fingerprint density at radius 2 is 1.74 bits per heavy atom. The van der Waals surface area contributed by atoms with E-state index in [2.05, 4.69) is 46.6 Å². The van der Waals surface area contributed by atoms with Gasteiger partial charge in [0, 0.05) is 39.5 Å². The molecule has 3 rings (SSSR count). The standard InChI is InChI=1S/C10H8BrClN2O.C7H12O3.C5H4BrClN2/c1-2-7-4-9(15)14-5-6(11)3-8(12)10(14)13-7;1-3-6(8)5-7(9)10-4-2;6-3-1-4(7)5(8)9-2-3/h3-5H,2H2,1H3;3-5H2,1-2H3;1-2H,(H2,8,9). The summed E-state index contributed by atoms with van der Waals surface area (Å²) in [7, 11) is 0. The Labute approximate surface area is 224 Å². The summed E-state index contributed by atoms with van der Waals surface area (Å²) in [5.74, 6) is -0.132. The normalized spacial score (nSPS) is 9.97. The van der Waals surface area contributed by atoms with Crippen molar-refractivity contribution in [1.29, 1.82) is 0 Å². The van der Waals surface area contributed by atoms with E-state index in [-0.39, 0.29) is 17.8 Å². The lowest BCUT2D eigenvalue weighted by Crippen LogP contribution is -2.15. The third-order valence-electron chi connectivity index (χ3n) is 3.98. The Kier molecular flexibility index (Phi) is 13.3. The first kappa shape index (κ1) is 30.0. The molecule has 0 aliphatic rings. The van der Waals surface area contributed by atoms with Gasteiger partial charge in [-0.25, -0.2) is 9.97 Å². The number of ether oxygens (including phenoxy) is 1. The van der Waals surface area contributed by atoms with Crippen LogP contribution in [0, 0.1) is 0 Å². The fourth-order valence-corrected chi connectivity index (χ4v) is 3.73. The summed E-state index contributed by atoms with van der Waals surface area (Å²) in [5.41, 5.74) is 6.47. The molecule has 0 atom stereocenters. The summed E-state index contributed by atoms with van der Waals surface area (Å²) in [6.07, 6.45) is 4.30. The number of hydrogen-bond acceptors (Lipinski definition) is 7. The minimum Gasteiger partial charge on any atom is -0.466 e. The SMILES string of the molecule is CCOC(=O)CC(=O)CC.CCc1cc(=O)n2cc(Br)cc(Cl)c2n1.Nc1ncc(Br)cc1Cl. The van der Waals surface area contributed by atoms with Crippen LogP contribution in [0.3, 0.4) is 0 Å². The predicted octanol–water partition coefficient (Wildman–Crippen LogP) is 5.67. The molecule has 0 saturated heterocycles. The molecule has 3 aromatic rings. The fourth-order valence-electron chi connectivity index (χ4n) is 2.28. The summed E-state index contributed by atoms with van der Waals surface area (Å²) in [5, 5.41) is 0.946. The molecule has 34 heavy (non-hydrogen) atoms. The van der Waals surface area contributed by atoms with Crippen LogP contribution in [0.4, 0.5) is 5.82 Å². The second-order valence-corrected chi connectivity index (χ2v) is 9.18. The number of esters is 1. The molecule has 0 aromatic carbocycles. The molecule has 0 amide bonds. The van der Waals surface area contributed by atoms with Crippen LogP contribution in [0.25, 0.3) is 5.65 Å². The predicted molar refractivity (Wildman–Crippen MR) is 141 cm³/mol. The Morgan fingerprint density at radius 3 is 2.26 bits per heavy atom. The topological polar surface area (TPSA) is 117 Å². The zero-order valence-corrected chi connectivity index (χ0v) is 23.5. The van der Waals surface area contributed by atoms with Crippen molar-refractivity contribution in [3.8, 4) is 0 Å². The maximum atomic E-state index is 11.7. The fraction of sp³-hybridized carbons (Fsp3) is 0.318. The number of carbonyl (C=O) groups excluding carboxylic acids is 2. The molecule has 0 spiro atoms. The molecule has 3 aromatic heterocycles. The summed E-state index contributed by atoms with van der Waals surface area (Å²) in [6, 6.07) is 4.95. The number of Topliss-reactive ketones (excluding diaryl/α,β-unsaturated/α-hetero) is 1. The minimum atomic E-state index is -0.422. The quantitative estimate of drug-likeness (QED) is 0.283. The van der Waals surface area contributed by atoms with Gasteiger partial charge in [-0.05, 0) is 57.3 Å². The number of hydrogen-bond donors (Lipinski definition) is 1. The van der Waals surface area contributed by atoms with E-state index < -0.39 is 5.97 Å². The Morgan fingerprint density at radius 1 is 1.09 bits per heavy atom. The number of aryl methyl sites for hydroxylation is 1. The van der Waals surface area contributed by atoms with E-state index in [1.54, 1.807) is 38.4 Å². The van der Waals surface area contributed by atoms with E-state index >= 15 is 0 Å². The highest BCUT2D eigenvalue weighted by Gasteiger charge is 2.07. The van der Waals surface area contributed by atoms with Crippen LogP contribution in [0.1, 0.15) is 39.3 Å². The Balaban J connectivity index is 0.000000268. The van der Waals surface area contributed by atoms with Crippen molar-refractivity contribution < 1.29 is 14.3 Å². The van der Waals surface area contributed by atoms with Crippen molar-refractivity contribution in [3.05, 3.63) is 65.6 Å². The molecule has 0 aliphatic heterocycles. The monoisotopic (exact) mass is 636 g/mol. The number of nitrogen functional groups attached to an aromatic ring is 1. The maximum absolute atomic E-state index is 11.7. The highest BCUT2D eigenvalue weighted by molar-refractivity contribution is 9.10. The zero-order valence-electron chi connectivity index (χ0n) is 18.8. The number of pyridine rings is 2. The number of halogens is 4. The van der Waals surface area contributed by atoms with Crippen LogP contribution < -0.4 is 11.3 Å². The van der Waals surface area contributed by atoms with Crippen molar-refractivity contribution in [2.45, 2.75) is 40.0 Å². The largest absolute Gasteiger partial charge is 0.466 e. The van der Waals surface area contributed by atoms with E-state index in [1.807, 2.05) is 6.92 Å². The molecule has 0 unspecified atom stereocenters. The van der Waals surface area contributed by atoms with Gasteiger partial charge in [0.15, 0.2) is 5.65 Å².